The lowest BCUT2D eigenvalue weighted by Crippen LogP contribution is -2.18. The Morgan fingerprint density at radius 3 is 3.00 bits per heavy atom. The number of aryl methyl sites for hydroxylation is 1. The first-order valence-corrected chi connectivity index (χ1v) is 6.36. The van der Waals surface area contributed by atoms with Gasteiger partial charge in [0, 0.05) is 13.0 Å². The largest absolute Gasteiger partial charge is 0.481 e. The van der Waals surface area contributed by atoms with Gasteiger partial charge in [-0.2, -0.15) is 9.61 Å². The number of nitrogens with zero attached hydrogens (tertiary/aromatic N) is 3. The molecule has 0 aliphatic rings. The highest BCUT2D eigenvalue weighted by Crippen LogP contribution is 2.15. The van der Waals surface area contributed by atoms with Gasteiger partial charge in [0.1, 0.15) is 12.1 Å². The Bertz CT molecular complexity index is 579. The second kappa shape index (κ2) is 5.69. The molecule has 0 aliphatic carbocycles. The third kappa shape index (κ3) is 3.21. The SMILES string of the molecule is CCC(CNc1cc(C)cc2ncnn12)CC(=O)O. The highest BCUT2D eigenvalue weighted by Gasteiger charge is 2.12. The molecule has 6 nitrogen and oxygen atoms in total. The number of carboxylic acid groups (broad SMARTS) is 1. The van der Waals surface area contributed by atoms with Crippen LogP contribution in [0.1, 0.15) is 25.3 Å². The summed E-state index contributed by atoms with van der Waals surface area (Å²) >= 11 is 0. The molecule has 2 aromatic heterocycles. The fourth-order valence-electron chi connectivity index (χ4n) is 2.04. The van der Waals surface area contributed by atoms with Gasteiger partial charge in [0.05, 0.1) is 0 Å². The quantitative estimate of drug-likeness (QED) is 0.831. The molecule has 6 heteroatoms. The molecule has 19 heavy (non-hydrogen) atoms. The van der Waals surface area contributed by atoms with Crippen LogP contribution in [0.2, 0.25) is 0 Å². The van der Waals surface area contributed by atoms with E-state index in [-0.39, 0.29) is 12.3 Å². The van der Waals surface area contributed by atoms with E-state index < -0.39 is 5.97 Å². The number of rotatable bonds is 6. The summed E-state index contributed by atoms with van der Waals surface area (Å²) < 4.78 is 1.72. The number of hydrogen-bond acceptors (Lipinski definition) is 4. The average Bonchev–Trinajstić information content (AvgIpc) is 2.81. The summed E-state index contributed by atoms with van der Waals surface area (Å²) in [6.07, 6.45) is 2.51. The predicted molar refractivity (Wildman–Crippen MR) is 72.2 cm³/mol. The monoisotopic (exact) mass is 262 g/mol. The minimum atomic E-state index is -0.760. The fourth-order valence-corrected chi connectivity index (χ4v) is 2.04. The molecule has 1 unspecified atom stereocenters. The maximum absolute atomic E-state index is 10.7. The van der Waals surface area contributed by atoms with Crippen LogP contribution in [0.25, 0.3) is 5.65 Å². The molecular weight excluding hydrogens is 244 g/mol. The summed E-state index contributed by atoms with van der Waals surface area (Å²) in [4.78, 5) is 14.9. The molecule has 0 bridgehead atoms. The van der Waals surface area contributed by atoms with Crippen molar-refractivity contribution in [2.45, 2.75) is 26.7 Å². The Kier molecular flexibility index (Phi) is 3.99. The Hall–Kier alpha value is -2.11. The number of carbonyl (C=O) groups is 1. The van der Waals surface area contributed by atoms with Crippen molar-refractivity contribution in [2.75, 3.05) is 11.9 Å². The maximum Gasteiger partial charge on any atom is 0.303 e. The summed E-state index contributed by atoms with van der Waals surface area (Å²) in [6.45, 7) is 4.60. The van der Waals surface area contributed by atoms with Crippen molar-refractivity contribution in [1.82, 2.24) is 14.6 Å². The average molecular weight is 262 g/mol. The van der Waals surface area contributed by atoms with E-state index in [1.54, 1.807) is 4.52 Å². The lowest BCUT2D eigenvalue weighted by atomic mass is 10.0. The zero-order chi connectivity index (χ0) is 13.8. The first kappa shape index (κ1) is 13.3. The minimum absolute atomic E-state index is 0.108. The van der Waals surface area contributed by atoms with E-state index in [4.69, 9.17) is 5.11 Å². The molecule has 2 aromatic rings. The zero-order valence-corrected chi connectivity index (χ0v) is 11.1. The van der Waals surface area contributed by atoms with Gasteiger partial charge in [0.2, 0.25) is 0 Å². The number of pyridine rings is 1. The molecule has 2 heterocycles. The molecule has 0 fully saturated rings. The first-order chi connectivity index (χ1) is 9.10. The normalized spacial score (nSPS) is 12.5. The number of anilines is 1. The zero-order valence-electron chi connectivity index (χ0n) is 11.1. The maximum atomic E-state index is 10.7. The fraction of sp³-hybridized carbons (Fsp3) is 0.462. The van der Waals surface area contributed by atoms with Crippen LogP contribution in [0.3, 0.4) is 0 Å². The van der Waals surface area contributed by atoms with Crippen molar-refractivity contribution in [3.05, 3.63) is 24.0 Å². The number of nitrogens with one attached hydrogen (secondary N) is 1. The summed E-state index contributed by atoms with van der Waals surface area (Å²) in [6, 6.07) is 3.93. The number of aromatic nitrogens is 3. The second-order valence-corrected chi connectivity index (χ2v) is 4.70. The van der Waals surface area contributed by atoms with E-state index in [1.807, 2.05) is 26.0 Å². The third-order valence-corrected chi connectivity index (χ3v) is 3.14. The highest BCUT2D eigenvalue weighted by atomic mass is 16.4. The van der Waals surface area contributed by atoms with Gasteiger partial charge >= 0.3 is 5.97 Å². The van der Waals surface area contributed by atoms with Gasteiger partial charge < -0.3 is 10.4 Å². The molecule has 0 aromatic carbocycles. The van der Waals surface area contributed by atoms with Gasteiger partial charge in [0.25, 0.3) is 0 Å². The van der Waals surface area contributed by atoms with Crippen LogP contribution >= 0.6 is 0 Å². The molecule has 102 valence electrons. The van der Waals surface area contributed by atoms with Crippen LogP contribution < -0.4 is 5.32 Å². The number of carboxylic acids is 1. The first-order valence-electron chi connectivity index (χ1n) is 6.36. The molecule has 0 saturated heterocycles. The Balaban J connectivity index is 2.12. The summed E-state index contributed by atoms with van der Waals surface area (Å²) in [7, 11) is 0. The van der Waals surface area contributed by atoms with Crippen LogP contribution in [0, 0.1) is 12.8 Å². The molecule has 0 spiro atoms. The molecular formula is C13H18N4O2. The smallest absolute Gasteiger partial charge is 0.303 e. The van der Waals surface area contributed by atoms with E-state index in [2.05, 4.69) is 15.4 Å². The minimum Gasteiger partial charge on any atom is -0.481 e. The lowest BCUT2D eigenvalue weighted by molar-refractivity contribution is -0.138. The van der Waals surface area contributed by atoms with Gasteiger partial charge in [-0.25, -0.2) is 4.98 Å². The lowest BCUT2D eigenvalue weighted by Gasteiger charge is -2.15. The summed E-state index contributed by atoms with van der Waals surface area (Å²) in [5.74, 6) is 0.191. The standard InChI is InChI=1S/C13H18N4O2/c1-3-10(6-13(18)19)7-14-11-4-9(2)5-12-15-8-16-17(11)12/h4-5,8,10,14H,3,6-7H2,1-2H3,(H,18,19). The van der Waals surface area contributed by atoms with Crippen molar-refractivity contribution in [3.8, 4) is 0 Å². The Morgan fingerprint density at radius 1 is 1.53 bits per heavy atom. The molecule has 0 radical (unpaired) electrons. The van der Waals surface area contributed by atoms with Crippen molar-refractivity contribution in [2.24, 2.45) is 5.92 Å². The van der Waals surface area contributed by atoms with E-state index in [0.717, 1.165) is 23.4 Å². The van der Waals surface area contributed by atoms with Gasteiger partial charge in [-0.05, 0) is 30.5 Å². The number of aliphatic carboxylic acids is 1. The second-order valence-electron chi connectivity index (χ2n) is 4.70. The number of hydrogen-bond donors (Lipinski definition) is 2. The van der Waals surface area contributed by atoms with E-state index in [0.29, 0.717) is 6.54 Å². The molecule has 1 atom stereocenters. The molecule has 0 amide bonds. The van der Waals surface area contributed by atoms with Gasteiger partial charge in [-0.1, -0.05) is 13.3 Å². The van der Waals surface area contributed by atoms with E-state index in [1.165, 1.54) is 6.33 Å². The van der Waals surface area contributed by atoms with Gasteiger partial charge in [0.15, 0.2) is 5.65 Å². The summed E-state index contributed by atoms with van der Waals surface area (Å²) in [5, 5.41) is 16.3. The molecule has 0 aliphatic heterocycles. The van der Waals surface area contributed by atoms with Gasteiger partial charge in [-0.3, -0.25) is 4.79 Å². The van der Waals surface area contributed by atoms with Crippen LogP contribution in [0.15, 0.2) is 18.5 Å². The number of fused-ring (bicyclic) bond motifs is 1. The van der Waals surface area contributed by atoms with Crippen molar-refractivity contribution in [3.63, 3.8) is 0 Å². The van der Waals surface area contributed by atoms with Crippen molar-refractivity contribution >= 4 is 17.4 Å². The van der Waals surface area contributed by atoms with Crippen LogP contribution in [0.4, 0.5) is 5.82 Å². The molecule has 2 rings (SSSR count). The molecule has 0 saturated carbocycles. The van der Waals surface area contributed by atoms with E-state index >= 15 is 0 Å². The Morgan fingerprint density at radius 2 is 2.32 bits per heavy atom. The van der Waals surface area contributed by atoms with Crippen LogP contribution in [-0.2, 0) is 4.79 Å². The Labute approximate surface area is 111 Å². The van der Waals surface area contributed by atoms with Crippen molar-refractivity contribution < 1.29 is 9.90 Å². The van der Waals surface area contributed by atoms with Crippen molar-refractivity contribution in [1.29, 1.82) is 0 Å². The molecule has 2 N–H and O–H groups in total. The van der Waals surface area contributed by atoms with Crippen LogP contribution in [0.5, 0.6) is 0 Å². The van der Waals surface area contributed by atoms with Crippen LogP contribution in [-0.4, -0.2) is 32.2 Å². The highest BCUT2D eigenvalue weighted by molar-refractivity contribution is 5.67. The summed E-state index contributed by atoms with van der Waals surface area (Å²) in [5.41, 5.74) is 1.88. The third-order valence-electron chi connectivity index (χ3n) is 3.14. The topological polar surface area (TPSA) is 79.5 Å². The van der Waals surface area contributed by atoms with Gasteiger partial charge in [-0.15, -0.1) is 0 Å². The van der Waals surface area contributed by atoms with E-state index in [9.17, 15) is 4.79 Å². The predicted octanol–water partition coefficient (Wildman–Crippen LogP) is 1.95.